The third kappa shape index (κ3) is 5.65. The number of carbonyl (C=O) groups is 3. The van der Waals surface area contributed by atoms with Gasteiger partial charge in [-0.2, -0.15) is 0 Å². The summed E-state index contributed by atoms with van der Waals surface area (Å²) < 4.78 is 11.0. The van der Waals surface area contributed by atoms with Gasteiger partial charge in [0.2, 0.25) is 0 Å². The largest absolute Gasteiger partial charge is 0.493 e. The van der Waals surface area contributed by atoms with Crippen molar-refractivity contribution < 1.29 is 23.9 Å². The van der Waals surface area contributed by atoms with Crippen molar-refractivity contribution in [2.24, 2.45) is 0 Å². The van der Waals surface area contributed by atoms with Crippen molar-refractivity contribution in [3.05, 3.63) is 97.3 Å². The van der Waals surface area contributed by atoms with Crippen molar-refractivity contribution in [3.8, 4) is 11.5 Å². The number of halogens is 3. The zero-order valence-corrected chi connectivity index (χ0v) is 21.2. The molecule has 0 radical (unpaired) electrons. The van der Waals surface area contributed by atoms with Crippen LogP contribution >= 0.6 is 46.6 Å². The lowest BCUT2D eigenvalue weighted by atomic mass is 10.1. The highest BCUT2D eigenvalue weighted by Gasteiger charge is 2.35. The lowest BCUT2D eigenvalue weighted by Gasteiger charge is -2.14. The van der Waals surface area contributed by atoms with Crippen LogP contribution in [0.2, 0.25) is 15.1 Å². The summed E-state index contributed by atoms with van der Waals surface area (Å²) in [7, 11) is 1.43. The van der Waals surface area contributed by atoms with Crippen molar-refractivity contribution in [2.75, 3.05) is 7.11 Å². The molecule has 1 aliphatic heterocycles. The molecule has 0 saturated carbocycles. The Hall–Kier alpha value is -2.97. The number of imide groups is 1. The molecular formula is C25H16Cl3NO5S. The molecule has 10 heteroatoms. The Bertz CT molecular complexity index is 1360. The van der Waals surface area contributed by atoms with E-state index in [9.17, 15) is 14.4 Å². The standard InChI is InChI=1S/C25H16Cl3NO5S/c1-33-20-4-2-3-15(22(20)34-24(31)14-5-8-17(26)9-6-14)11-21-23(30)29(25(32)35-21)13-16-7-10-18(27)12-19(16)28/h2-12H,13H2,1H3/b21-11-. The summed E-state index contributed by atoms with van der Waals surface area (Å²) in [6.45, 7) is -0.00543. The first-order valence-corrected chi connectivity index (χ1v) is 12.1. The molecule has 0 unspecified atom stereocenters. The van der Waals surface area contributed by atoms with Crippen LogP contribution in [0.15, 0.2) is 65.6 Å². The van der Waals surface area contributed by atoms with Crippen LogP contribution in [0.1, 0.15) is 21.5 Å². The van der Waals surface area contributed by atoms with Gasteiger partial charge in [-0.3, -0.25) is 14.5 Å². The van der Waals surface area contributed by atoms with Gasteiger partial charge in [0.25, 0.3) is 11.1 Å². The summed E-state index contributed by atoms with van der Waals surface area (Å²) in [5, 5.41) is 0.834. The molecule has 6 nitrogen and oxygen atoms in total. The van der Waals surface area contributed by atoms with Crippen LogP contribution in [0, 0.1) is 0 Å². The van der Waals surface area contributed by atoms with Gasteiger partial charge in [-0.1, -0.05) is 53.0 Å². The zero-order chi connectivity index (χ0) is 25.1. The maximum absolute atomic E-state index is 13.0. The smallest absolute Gasteiger partial charge is 0.343 e. The Morgan fingerprint density at radius 1 is 1.00 bits per heavy atom. The summed E-state index contributed by atoms with van der Waals surface area (Å²) in [6.07, 6.45) is 1.49. The van der Waals surface area contributed by atoms with Crippen molar-refractivity contribution in [1.29, 1.82) is 0 Å². The lowest BCUT2D eigenvalue weighted by Crippen LogP contribution is -2.27. The molecule has 3 aromatic rings. The summed E-state index contributed by atoms with van der Waals surface area (Å²) in [5.41, 5.74) is 1.26. The minimum Gasteiger partial charge on any atom is -0.493 e. The monoisotopic (exact) mass is 547 g/mol. The molecule has 0 atom stereocenters. The molecular weight excluding hydrogens is 533 g/mol. The number of ether oxygens (including phenoxy) is 2. The Labute approximate surface area is 220 Å². The van der Waals surface area contributed by atoms with Gasteiger partial charge in [0.15, 0.2) is 11.5 Å². The molecule has 0 N–H and O–H groups in total. The van der Waals surface area contributed by atoms with Crippen LogP contribution in [0.25, 0.3) is 6.08 Å². The van der Waals surface area contributed by atoms with Crippen molar-refractivity contribution in [3.63, 3.8) is 0 Å². The molecule has 0 aromatic heterocycles. The van der Waals surface area contributed by atoms with Crippen LogP contribution < -0.4 is 9.47 Å². The van der Waals surface area contributed by atoms with E-state index in [2.05, 4.69) is 0 Å². The second-order valence-corrected chi connectivity index (χ2v) is 9.55. The molecule has 1 fully saturated rings. The second-order valence-electron chi connectivity index (χ2n) is 7.28. The first kappa shape index (κ1) is 25.1. The Morgan fingerprint density at radius 3 is 2.40 bits per heavy atom. The Kier molecular flexibility index (Phi) is 7.72. The number of nitrogens with zero attached hydrogens (tertiary/aromatic N) is 1. The topological polar surface area (TPSA) is 72.9 Å². The molecule has 1 aliphatic rings. The number of rotatable bonds is 6. The van der Waals surface area contributed by atoms with Gasteiger partial charge >= 0.3 is 5.97 Å². The van der Waals surface area contributed by atoms with E-state index in [0.29, 0.717) is 26.2 Å². The summed E-state index contributed by atoms with van der Waals surface area (Å²) in [6, 6.07) is 16.0. The van der Waals surface area contributed by atoms with Crippen LogP contribution in [-0.2, 0) is 11.3 Å². The number of methoxy groups -OCH3 is 1. The average Bonchev–Trinajstić information content (AvgIpc) is 3.09. The Morgan fingerprint density at radius 2 is 1.71 bits per heavy atom. The third-order valence-corrected chi connectivity index (χ3v) is 6.75. The first-order chi connectivity index (χ1) is 16.8. The number of thioether (sulfide) groups is 1. The highest BCUT2D eigenvalue weighted by atomic mass is 35.5. The van der Waals surface area contributed by atoms with Crippen molar-refractivity contribution >= 4 is 69.8 Å². The lowest BCUT2D eigenvalue weighted by molar-refractivity contribution is -0.123. The quantitative estimate of drug-likeness (QED) is 0.186. The van der Waals surface area contributed by atoms with Gasteiger partial charge in [0.05, 0.1) is 24.1 Å². The van der Waals surface area contributed by atoms with Crippen LogP contribution in [-0.4, -0.2) is 29.1 Å². The SMILES string of the molecule is COc1cccc(/C=C2\SC(=O)N(Cc3ccc(Cl)cc3Cl)C2=O)c1OC(=O)c1ccc(Cl)cc1. The van der Waals surface area contributed by atoms with Crippen LogP contribution in [0.5, 0.6) is 11.5 Å². The predicted molar refractivity (Wildman–Crippen MR) is 137 cm³/mol. The van der Waals surface area contributed by atoms with Crippen molar-refractivity contribution in [1.82, 2.24) is 4.90 Å². The maximum Gasteiger partial charge on any atom is 0.343 e. The summed E-state index contributed by atoms with van der Waals surface area (Å²) in [4.78, 5) is 39.6. The van der Waals surface area contributed by atoms with E-state index in [1.165, 1.54) is 25.3 Å². The van der Waals surface area contributed by atoms with Gasteiger partial charge < -0.3 is 9.47 Å². The normalized spacial score (nSPS) is 14.5. The van der Waals surface area contributed by atoms with E-state index in [1.807, 2.05) is 0 Å². The molecule has 1 heterocycles. The number of hydrogen-bond acceptors (Lipinski definition) is 6. The summed E-state index contributed by atoms with van der Waals surface area (Å²) >= 11 is 18.8. The minimum atomic E-state index is -0.633. The predicted octanol–water partition coefficient (Wildman–Crippen LogP) is 7.11. The van der Waals surface area contributed by atoms with E-state index in [-0.39, 0.29) is 28.5 Å². The number of hydrogen-bond donors (Lipinski definition) is 0. The second kappa shape index (κ2) is 10.7. The molecule has 178 valence electrons. The number of carbonyl (C=O) groups excluding carboxylic acids is 3. The maximum atomic E-state index is 13.0. The van der Waals surface area contributed by atoms with E-state index < -0.39 is 17.1 Å². The van der Waals surface area contributed by atoms with Gasteiger partial charge in [-0.15, -0.1) is 0 Å². The first-order valence-electron chi connectivity index (χ1n) is 10.1. The molecule has 0 spiro atoms. The molecule has 0 aliphatic carbocycles. The van der Waals surface area contributed by atoms with Gasteiger partial charge in [0, 0.05) is 20.6 Å². The van der Waals surface area contributed by atoms with E-state index in [1.54, 1.807) is 48.5 Å². The summed E-state index contributed by atoms with van der Waals surface area (Å²) in [5.74, 6) is -0.731. The fourth-order valence-electron chi connectivity index (χ4n) is 3.25. The van der Waals surface area contributed by atoms with Crippen molar-refractivity contribution in [2.45, 2.75) is 6.54 Å². The highest BCUT2D eigenvalue weighted by molar-refractivity contribution is 8.18. The Balaban J connectivity index is 1.62. The number of benzene rings is 3. The molecule has 0 bridgehead atoms. The highest BCUT2D eigenvalue weighted by Crippen LogP contribution is 2.38. The number of para-hydroxylation sites is 1. The molecule has 1 saturated heterocycles. The fourth-order valence-corrected chi connectivity index (χ4v) is 4.68. The molecule has 3 aromatic carbocycles. The molecule has 2 amide bonds. The minimum absolute atomic E-state index is 0.00543. The van der Waals surface area contributed by atoms with Gasteiger partial charge in [0.1, 0.15) is 0 Å². The van der Waals surface area contributed by atoms with Crippen LogP contribution in [0.4, 0.5) is 4.79 Å². The zero-order valence-electron chi connectivity index (χ0n) is 18.1. The van der Waals surface area contributed by atoms with Gasteiger partial charge in [-0.25, -0.2) is 4.79 Å². The third-order valence-electron chi connectivity index (χ3n) is 5.01. The molecule has 4 rings (SSSR count). The van der Waals surface area contributed by atoms with E-state index in [0.717, 1.165) is 16.7 Å². The van der Waals surface area contributed by atoms with E-state index in [4.69, 9.17) is 44.3 Å². The molecule has 35 heavy (non-hydrogen) atoms. The number of amides is 2. The average molecular weight is 549 g/mol. The number of esters is 1. The van der Waals surface area contributed by atoms with Crippen LogP contribution in [0.3, 0.4) is 0 Å². The fraction of sp³-hybridized carbons (Fsp3) is 0.0800. The van der Waals surface area contributed by atoms with Gasteiger partial charge in [-0.05, 0) is 65.9 Å². The van der Waals surface area contributed by atoms with E-state index >= 15 is 0 Å².